The lowest BCUT2D eigenvalue weighted by Gasteiger charge is -2.21. The Balaban J connectivity index is 1.83. The lowest BCUT2D eigenvalue weighted by atomic mass is 10.2. The second-order valence-corrected chi connectivity index (χ2v) is 5.46. The molecule has 0 spiro atoms. The third-order valence-corrected chi connectivity index (χ3v) is 3.81. The Kier molecular flexibility index (Phi) is 6.28. The molecule has 2 aromatic rings. The molecule has 0 atom stereocenters. The molecule has 4 heteroatoms. The molecule has 1 amide bonds. The molecule has 0 aliphatic carbocycles. The number of benzene rings is 2. The Morgan fingerprint density at radius 3 is 2.45 bits per heavy atom. The summed E-state index contributed by atoms with van der Waals surface area (Å²) in [5, 5.41) is 3.88. The number of amides is 1. The molecule has 0 unspecified atom stereocenters. The van der Waals surface area contributed by atoms with Crippen molar-refractivity contribution in [2.24, 2.45) is 0 Å². The highest BCUT2D eigenvalue weighted by molar-refractivity contribution is 6.33. The van der Waals surface area contributed by atoms with E-state index in [9.17, 15) is 4.79 Å². The predicted octanol–water partition coefficient (Wildman–Crippen LogP) is 4.19. The van der Waals surface area contributed by atoms with E-state index in [-0.39, 0.29) is 5.91 Å². The van der Waals surface area contributed by atoms with Gasteiger partial charge in [-0.15, -0.1) is 0 Å². The summed E-state index contributed by atoms with van der Waals surface area (Å²) in [6, 6.07) is 17.6. The zero-order valence-corrected chi connectivity index (χ0v) is 13.5. The van der Waals surface area contributed by atoms with Crippen LogP contribution in [0.3, 0.4) is 0 Å². The summed E-state index contributed by atoms with van der Waals surface area (Å²) in [5.74, 6) is 0.144. The third-order valence-electron chi connectivity index (χ3n) is 3.48. The van der Waals surface area contributed by atoms with E-state index in [0.717, 1.165) is 11.3 Å². The van der Waals surface area contributed by atoms with Gasteiger partial charge in [0.15, 0.2) is 0 Å². The van der Waals surface area contributed by atoms with Crippen LogP contribution in [0, 0.1) is 0 Å². The number of para-hydroxylation sites is 1. The number of carbonyl (C=O) groups excluding carboxylic acids is 1. The van der Waals surface area contributed by atoms with E-state index in [1.54, 1.807) is 0 Å². The molecule has 2 aromatic carbocycles. The fourth-order valence-electron chi connectivity index (χ4n) is 2.25. The molecule has 0 aliphatic rings. The molecule has 0 aromatic heterocycles. The van der Waals surface area contributed by atoms with Crippen molar-refractivity contribution in [3.63, 3.8) is 0 Å². The first-order chi connectivity index (χ1) is 10.7. The van der Waals surface area contributed by atoms with Crippen LogP contribution in [0.2, 0.25) is 5.02 Å². The molecule has 0 saturated carbocycles. The zero-order chi connectivity index (χ0) is 15.8. The minimum atomic E-state index is 0.144. The quantitative estimate of drug-likeness (QED) is 0.830. The van der Waals surface area contributed by atoms with Crippen LogP contribution >= 0.6 is 11.6 Å². The number of halogens is 1. The molecule has 0 radical (unpaired) electrons. The summed E-state index contributed by atoms with van der Waals surface area (Å²) >= 11 is 6.08. The van der Waals surface area contributed by atoms with Gasteiger partial charge in [0.05, 0.1) is 10.7 Å². The molecular formula is C18H21ClN2O. The van der Waals surface area contributed by atoms with Crippen LogP contribution < -0.4 is 5.32 Å². The van der Waals surface area contributed by atoms with Gasteiger partial charge in [0.1, 0.15) is 0 Å². The normalized spacial score (nSPS) is 10.3. The molecular weight excluding hydrogens is 296 g/mol. The molecule has 0 fully saturated rings. The number of nitrogens with zero attached hydrogens (tertiary/aromatic N) is 1. The van der Waals surface area contributed by atoms with Gasteiger partial charge < -0.3 is 10.2 Å². The second kappa shape index (κ2) is 8.44. The molecule has 0 saturated heterocycles. The Morgan fingerprint density at radius 1 is 1.09 bits per heavy atom. The summed E-state index contributed by atoms with van der Waals surface area (Å²) in [5.41, 5.74) is 2.01. The van der Waals surface area contributed by atoms with Crippen LogP contribution in [0.1, 0.15) is 18.9 Å². The monoisotopic (exact) mass is 316 g/mol. The van der Waals surface area contributed by atoms with Crippen molar-refractivity contribution in [1.82, 2.24) is 4.90 Å². The first kappa shape index (κ1) is 16.4. The van der Waals surface area contributed by atoms with Crippen molar-refractivity contribution in [3.05, 3.63) is 65.2 Å². The first-order valence-corrected chi connectivity index (χ1v) is 7.88. The van der Waals surface area contributed by atoms with Crippen LogP contribution in [-0.4, -0.2) is 23.9 Å². The van der Waals surface area contributed by atoms with Crippen LogP contribution in [0.15, 0.2) is 54.6 Å². The van der Waals surface area contributed by atoms with E-state index >= 15 is 0 Å². The van der Waals surface area contributed by atoms with Gasteiger partial charge in [-0.25, -0.2) is 0 Å². The van der Waals surface area contributed by atoms with Crippen molar-refractivity contribution < 1.29 is 4.79 Å². The predicted molar refractivity (Wildman–Crippen MR) is 92.1 cm³/mol. The molecule has 0 bridgehead atoms. The lowest BCUT2D eigenvalue weighted by molar-refractivity contribution is -0.131. The lowest BCUT2D eigenvalue weighted by Crippen LogP contribution is -2.31. The number of carbonyl (C=O) groups is 1. The van der Waals surface area contributed by atoms with Gasteiger partial charge in [-0.05, 0) is 24.6 Å². The van der Waals surface area contributed by atoms with E-state index in [4.69, 9.17) is 11.6 Å². The standard InChI is InChI=1S/C18H21ClN2O/c1-2-21(14-15-8-4-3-5-9-15)18(22)12-13-20-17-11-7-6-10-16(17)19/h3-11,20H,2,12-14H2,1H3. The van der Waals surface area contributed by atoms with Crippen molar-refractivity contribution in [1.29, 1.82) is 0 Å². The number of nitrogens with one attached hydrogen (secondary N) is 1. The maximum Gasteiger partial charge on any atom is 0.224 e. The Morgan fingerprint density at radius 2 is 1.77 bits per heavy atom. The highest BCUT2D eigenvalue weighted by Crippen LogP contribution is 2.20. The number of hydrogen-bond donors (Lipinski definition) is 1. The van der Waals surface area contributed by atoms with Gasteiger partial charge in [-0.3, -0.25) is 4.79 Å². The minimum Gasteiger partial charge on any atom is -0.383 e. The van der Waals surface area contributed by atoms with Gasteiger partial charge in [0.2, 0.25) is 5.91 Å². The largest absolute Gasteiger partial charge is 0.383 e. The topological polar surface area (TPSA) is 32.3 Å². The van der Waals surface area contributed by atoms with E-state index in [0.29, 0.717) is 31.1 Å². The number of anilines is 1. The summed E-state index contributed by atoms with van der Waals surface area (Å²) in [6.45, 7) is 3.94. The average Bonchev–Trinajstić information content (AvgIpc) is 2.55. The van der Waals surface area contributed by atoms with Gasteiger partial charge in [0.25, 0.3) is 0 Å². The van der Waals surface area contributed by atoms with Gasteiger partial charge >= 0.3 is 0 Å². The molecule has 1 N–H and O–H groups in total. The SMILES string of the molecule is CCN(Cc1ccccc1)C(=O)CCNc1ccccc1Cl. The highest BCUT2D eigenvalue weighted by Gasteiger charge is 2.11. The van der Waals surface area contributed by atoms with Crippen molar-refractivity contribution >= 4 is 23.2 Å². The van der Waals surface area contributed by atoms with Gasteiger partial charge in [0, 0.05) is 26.1 Å². The maximum absolute atomic E-state index is 12.3. The number of rotatable bonds is 7. The van der Waals surface area contributed by atoms with Gasteiger partial charge in [-0.2, -0.15) is 0 Å². The highest BCUT2D eigenvalue weighted by atomic mass is 35.5. The Labute approximate surface area is 136 Å². The molecule has 2 rings (SSSR count). The molecule has 3 nitrogen and oxygen atoms in total. The average molecular weight is 317 g/mol. The zero-order valence-electron chi connectivity index (χ0n) is 12.8. The molecule has 116 valence electrons. The number of hydrogen-bond acceptors (Lipinski definition) is 2. The van der Waals surface area contributed by atoms with Crippen LogP contribution in [-0.2, 0) is 11.3 Å². The summed E-state index contributed by atoms with van der Waals surface area (Å²) in [7, 11) is 0. The van der Waals surface area contributed by atoms with E-state index < -0.39 is 0 Å². The molecule has 22 heavy (non-hydrogen) atoms. The minimum absolute atomic E-state index is 0.144. The fraction of sp³-hybridized carbons (Fsp3) is 0.278. The van der Waals surface area contributed by atoms with E-state index in [2.05, 4.69) is 5.32 Å². The maximum atomic E-state index is 12.3. The molecule has 0 aliphatic heterocycles. The van der Waals surface area contributed by atoms with Crippen LogP contribution in [0.4, 0.5) is 5.69 Å². The third kappa shape index (κ3) is 4.78. The van der Waals surface area contributed by atoms with Gasteiger partial charge in [-0.1, -0.05) is 54.1 Å². The smallest absolute Gasteiger partial charge is 0.224 e. The van der Waals surface area contributed by atoms with Crippen molar-refractivity contribution in [2.45, 2.75) is 19.9 Å². The first-order valence-electron chi connectivity index (χ1n) is 7.50. The van der Waals surface area contributed by atoms with Crippen molar-refractivity contribution in [2.75, 3.05) is 18.4 Å². The summed E-state index contributed by atoms with van der Waals surface area (Å²) < 4.78 is 0. The Bertz CT molecular complexity index is 601. The molecule has 0 heterocycles. The Hall–Kier alpha value is -2.00. The summed E-state index contributed by atoms with van der Waals surface area (Å²) in [6.07, 6.45) is 0.450. The summed E-state index contributed by atoms with van der Waals surface area (Å²) in [4.78, 5) is 14.2. The van der Waals surface area contributed by atoms with E-state index in [1.165, 1.54) is 0 Å². The van der Waals surface area contributed by atoms with E-state index in [1.807, 2.05) is 66.4 Å². The fourth-order valence-corrected chi connectivity index (χ4v) is 2.45. The van der Waals surface area contributed by atoms with Crippen LogP contribution in [0.25, 0.3) is 0 Å². The second-order valence-electron chi connectivity index (χ2n) is 5.05. The van der Waals surface area contributed by atoms with Crippen molar-refractivity contribution in [3.8, 4) is 0 Å². The van der Waals surface area contributed by atoms with Crippen LogP contribution in [0.5, 0.6) is 0 Å².